The van der Waals surface area contributed by atoms with Crippen molar-refractivity contribution < 1.29 is 13.5 Å². The molecule has 74 valence electrons. The summed E-state index contributed by atoms with van der Waals surface area (Å²) < 4.78 is 30.6. The lowest BCUT2D eigenvalue weighted by molar-refractivity contribution is 0.367. The van der Waals surface area contributed by atoms with Gasteiger partial charge in [0.15, 0.2) is 11.6 Å². The minimum absolute atomic E-state index is 0.111. The first-order valence-electron chi connectivity index (χ1n) is 4.08. The van der Waals surface area contributed by atoms with E-state index < -0.39 is 11.6 Å². The van der Waals surface area contributed by atoms with Gasteiger partial charge in [0.2, 0.25) is 5.82 Å². The number of nitriles is 1. The first-order valence-corrected chi connectivity index (χ1v) is 4.08. The topological polar surface area (TPSA) is 33.0 Å². The third-order valence-electron chi connectivity index (χ3n) is 1.84. The first kappa shape index (κ1) is 10.5. The van der Waals surface area contributed by atoms with Crippen molar-refractivity contribution in [3.8, 4) is 11.8 Å². The summed E-state index contributed by atoms with van der Waals surface area (Å²) >= 11 is 0. The van der Waals surface area contributed by atoms with Crippen molar-refractivity contribution in [3.05, 3.63) is 29.3 Å². The Bertz CT molecular complexity index is 371. The van der Waals surface area contributed by atoms with Crippen molar-refractivity contribution in [2.45, 2.75) is 12.8 Å². The number of hydrogen-bond donors (Lipinski definition) is 0. The van der Waals surface area contributed by atoms with Gasteiger partial charge in [-0.2, -0.15) is 9.65 Å². The van der Waals surface area contributed by atoms with Crippen LogP contribution in [0.15, 0.2) is 12.1 Å². The van der Waals surface area contributed by atoms with Gasteiger partial charge in [0, 0.05) is 6.42 Å². The third kappa shape index (κ3) is 1.99. The second-order valence-corrected chi connectivity index (χ2v) is 2.71. The van der Waals surface area contributed by atoms with Gasteiger partial charge in [0.1, 0.15) is 0 Å². The molecule has 0 fully saturated rings. The second-order valence-electron chi connectivity index (χ2n) is 2.71. The first-order chi connectivity index (χ1) is 6.70. The fourth-order valence-electron chi connectivity index (χ4n) is 1.18. The van der Waals surface area contributed by atoms with Gasteiger partial charge in [0.05, 0.1) is 13.2 Å². The van der Waals surface area contributed by atoms with Crippen molar-refractivity contribution in [3.63, 3.8) is 0 Å². The predicted molar refractivity (Wildman–Crippen MR) is 46.8 cm³/mol. The van der Waals surface area contributed by atoms with Crippen molar-refractivity contribution in [1.82, 2.24) is 0 Å². The molecule has 2 nitrogen and oxygen atoms in total. The van der Waals surface area contributed by atoms with Crippen LogP contribution in [0.2, 0.25) is 0 Å². The van der Waals surface area contributed by atoms with Crippen LogP contribution in [-0.2, 0) is 6.42 Å². The summed E-state index contributed by atoms with van der Waals surface area (Å²) in [5, 5.41) is 8.36. The van der Waals surface area contributed by atoms with E-state index in [1.807, 2.05) is 6.07 Å². The monoisotopic (exact) mass is 197 g/mol. The summed E-state index contributed by atoms with van der Waals surface area (Å²) in [6.07, 6.45) is 0.609. The quantitative estimate of drug-likeness (QED) is 0.745. The number of hydrogen-bond acceptors (Lipinski definition) is 2. The molecule has 0 radical (unpaired) electrons. The summed E-state index contributed by atoms with van der Waals surface area (Å²) in [6.45, 7) is 0. The average Bonchev–Trinajstić information content (AvgIpc) is 2.20. The fraction of sp³-hybridized carbons (Fsp3) is 0.300. The number of benzene rings is 1. The molecule has 14 heavy (non-hydrogen) atoms. The standard InChI is InChI=1S/C10H9F2NO/c1-14-10-7(3-2-6-13)4-5-8(11)9(10)12/h4-5H,2-3H2,1H3. The number of nitrogens with zero attached hydrogens (tertiary/aromatic N) is 1. The number of ether oxygens (including phenoxy) is 1. The maximum atomic E-state index is 13.1. The van der Waals surface area contributed by atoms with E-state index in [9.17, 15) is 8.78 Å². The van der Waals surface area contributed by atoms with E-state index in [1.165, 1.54) is 13.2 Å². The Kier molecular flexibility index (Phi) is 3.41. The van der Waals surface area contributed by atoms with E-state index in [1.54, 1.807) is 0 Å². The normalized spacial score (nSPS) is 9.57. The molecule has 0 aliphatic rings. The molecule has 0 saturated carbocycles. The maximum Gasteiger partial charge on any atom is 0.200 e. The van der Waals surface area contributed by atoms with Crippen molar-refractivity contribution >= 4 is 0 Å². The zero-order valence-electron chi connectivity index (χ0n) is 7.68. The molecule has 0 spiro atoms. The van der Waals surface area contributed by atoms with E-state index in [-0.39, 0.29) is 12.2 Å². The molecule has 0 amide bonds. The molecule has 0 aromatic heterocycles. The highest BCUT2D eigenvalue weighted by molar-refractivity contribution is 5.36. The highest BCUT2D eigenvalue weighted by atomic mass is 19.2. The van der Waals surface area contributed by atoms with Gasteiger partial charge in [-0.1, -0.05) is 6.07 Å². The highest BCUT2D eigenvalue weighted by Crippen LogP contribution is 2.25. The van der Waals surface area contributed by atoms with Crippen LogP contribution in [-0.4, -0.2) is 7.11 Å². The minimum atomic E-state index is -0.997. The Balaban J connectivity index is 3.05. The van der Waals surface area contributed by atoms with Gasteiger partial charge in [-0.25, -0.2) is 4.39 Å². The van der Waals surface area contributed by atoms with Crippen LogP contribution in [0.3, 0.4) is 0 Å². The van der Waals surface area contributed by atoms with E-state index in [4.69, 9.17) is 10.00 Å². The van der Waals surface area contributed by atoms with Crippen LogP contribution < -0.4 is 4.74 Å². The molecular weight excluding hydrogens is 188 g/mol. The zero-order chi connectivity index (χ0) is 10.6. The predicted octanol–water partition coefficient (Wildman–Crippen LogP) is 2.43. The molecule has 1 aromatic rings. The SMILES string of the molecule is COc1c(CCC#N)ccc(F)c1F. The fourth-order valence-corrected chi connectivity index (χ4v) is 1.18. The Hall–Kier alpha value is -1.63. The van der Waals surface area contributed by atoms with Crippen LogP contribution in [0.5, 0.6) is 5.75 Å². The molecule has 0 aliphatic carbocycles. The Morgan fingerprint density at radius 2 is 2.14 bits per heavy atom. The van der Waals surface area contributed by atoms with Gasteiger partial charge in [0.25, 0.3) is 0 Å². The third-order valence-corrected chi connectivity index (χ3v) is 1.84. The van der Waals surface area contributed by atoms with Gasteiger partial charge >= 0.3 is 0 Å². The zero-order valence-corrected chi connectivity index (χ0v) is 7.68. The molecule has 0 saturated heterocycles. The maximum absolute atomic E-state index is 13.1. The summed E-state index contributed by atoms with van der Waals surface area (Å²) in [5.74, 6) is -2.05. The molecule has 1 aromatic carbocycles. The Labute approximate surface area is 80.7 Å². The van der Waals surface area contributed by atoms with Crippen LogP contribution in [0.1, 0.15) is 12.0 Å². The van der Waals surface area contributed by atoms with Crippen molar-refractivity contribution in [1.29, 1.82) is 5.26 Å². The van der Waals surface area contributed by atoms with E-state index in [2.05, 4.69) is 0 Å². The molecule has 0 atom stereocenters. The molecule has 0 heterocycles. The van der Waals surface area contributed by atoms with Crippen LogP contribution in [0, 0.1) is 23.0 Å². The molecular formula is C10H9F2NO. The molecule has 0 aliphatic heterocycles. The van der Waals surface area contributed by atoms with Gasteiger partial charge in [-0.15, -0.1) is 0 Å². The molecule has 0 bridgehead atoms. The van der Waals surface area contributed by atoms with E-state index in [0.29, 0.717) is 12.0 Å². The number of rotatable bonds is 3. The van der Waals surface area contributed by atoms with Crippen LogP contribution in [0.4, 0.5) is 8.78 Å². The van der Waals surface area contributed by atoms with Gasteiger partial charge < -0.3 is 4.74 Å². The summed E-state index contributed by atoms with van der Waals surface area (Å²) in [5.41, 5.74) is 0.507. The van der Waals surface area contributed by atoms with Gasteiger partial charge in [-0.3, -0.25) is 0 Å². The largest absolute Gasteiger partial charge is 0.493 e. The average molecular weight is 197 g/mol. The van der Waals surface area contributed by atoms with Crippen molar-refractivity contribution in [2.24, 2.45) is 0 Å². The van der Waals surface area contributed by atoms with Crippen molar-refractivity contribution in [2.75, 3.05) is 7.11 Å². The number of methoxy groups -OCH3 is 1. The molecule has 4 heteroatoms. The molecule has 1 rings (SSSR count). The molecule has 0 unspecified atom stereocenters. The van der Waals surface area contributed by atoms with Gasteiger partial charge in [-0.05, 0) is 18.1 Å². The summed E-state index contributed by atoms with van der Waals surface area (Å²) in [6, 6.07) is 4.39. The lowest BCUT2D eigenvalue weighted by Gasteiger charge is -2.08. The lowest BCUT2D eigenvalue weighted by Crippen LogP contribution is -1.98. The number of aryl methyl sites for hydroxylation is 1. The smallest absolute Gasteiger partial charge is 0.200 e. The minimum Gasteiger partial charge on any atom is -0.493 e. The summed E-state index contributed by atoms with van der Waals surface area (Å²) in [4.78, 5) is 0. The van der Waals surface area contributed by atoms with Crippen LogP contribution >= 0.6 is 0 Å². The van der Waals surface area contributed by atoms with Crippen LogP contribution in [0.25, 0.3) is 0 Å². The van der Waals surface area contributed by atoms with E-state index >= 15 is 0 Å². The Morgan fingerprint density at radius 3 is 2.71 bits per heavy atom. The highest BCUT2D eigenvalue weighted by Gasteiger charge is 2.13. The Morgan fingerprint density at radius 1 is 1.43 bits per heavy atom. The summed E-state index contributed by atoms with van der Waals surface area (Å²) in [7, 11) is 1.27. The van der Waals surface area contributed by atoms with E-state index in [0.717, 1.165) is 6.07 Å². The molecule has 0 N–H and O–H groups in total. The number of halogens is 2. The second kappa shape index (κ2) is 4.56. The lowest BCUT2D eigenvalue weighted by atomic mass is 10.1.